The summed E-state index contributed by atoms with van der Waals surface area (Å²) in [6.45, 7) is 0.0426. The zero-order chi connectivity index (χ0) is 8.15. The fraction of sp³-hybridized carbons (Fsp3) is 0.800. The van der Waals surface area contributed by atoms with Gasteiger partial charge in [0.1, 0.15) is 6.04 Å². The second-order valence-electron chi connectivity index (χ2n) is 2.07. The molecule has 0 aromatic carbocycles. The van der Waals surface area contributed by atoms with E-state index in [-0.39, 0.29) is 13.0 Å². The number of nitrogens with two attached hydrogens (primary N) is 2. The van der Waals surface area contributed by atoms with Crippen LogP contribution in [0.1, 0.15) is 6.42 Å². The Hall–Kier alpha value is -0.650. The molecule has 0 spiro atoms. The Morgan fingerprint density at radius 2 is 2.10 bits per heavy atom. The third-order valence-electron chi connectivity index (χ3n) is 1.12. The molecule has 0 aromatic heterocycles. The largest absolute Gasteiger partial charge is 0.480 e. The summed E-state index contributed by atoms with van der Waals surface area (Å²) in [6.07, 6.45) is -0.808. The monoisotopic (exact) mass is 148 g/mol. The van der Waals surface area contributed by atoms with Gasteiger partial charge in [0, 0.05) is 13.0 Å². The highest BCUT2D eigenvalue weighted by atomic mass is 16.4. The van der Waals surface area contributed by atoms with E-state index in [2.05, 4.69) is 0 Å². The maximum Gasteiger partial charge on any atom is 0.320 e. The minimum Gasteiger partial charge on any atom is -0.480 e. The highest BCUT2D eigenvalue weighted by Gasteiger charge is 2.15. The second-order valence-corrected chi connectivity index (χ2v) is 2.07. The number of rotatable bonds is 4. The minimum atomic E-state index is -1.12. The summed E-state index contributed by atoms with van der Waals surface area (Å²) in [6, 6.07) is -1.02. The summed E-state index contributed by atoms with van der Waals surface area (Å²) in [5, 5.41) is 17.1. The Balaban J connectivity index is 3.56. The van der Waals surface area contributed by atoms with E-state index in [0.717, 1.165) is 0 Å². The van der Waals surface area contributed by atoms with E-state index in [0.29, 0.717) is 0 Å². The van der Waals surface area contributed by atoms with Crippen molar-refractivity contribution >= 4 is 5.97 Å². The molecule has 5 nitrogen and oxygen atoms in total. The lowest BCUT2D eigenvalue weighted by atomic mass is 10.1. The number of aliphatic carboxylic acids is 1. The molecule has 60 valence electrons. The number of carbonyl (C=O) groups is 1. The van der Waals surface area contributed by atoms with E-state index < -0.39 is 18.1 Å². The highest BCUT2D eigenvalue weighted by molar-refractivity contribution is 5.73. The van der Waals surface area contributed by atoms with E-state index in [1.54, 1.807) is 0 Å². The zero-order valence-corrected chi connectivity index (χ0v) is 5.53. The highest BCUT2D eigenvalue weighted by Crippen LogP contribution is 1.93. The van der Waals surface area contributed by atoms with Crippen LogP contribution in [-0.4, -0.2) is 34.9 Å². The van der Waals surface area contributed by atoms with E-state index >= 15 is 0 Å². The smallest absolute Gasteiger partial charge is 0.320 e. The van der Waals surface area contributed by atoms with Crippen LogP contribution in [-0.2, 0) is 4.79 Å². The number of carboxylic acid groups (broad SMARTS) is 1. The molecule has 0 aliphatic carbocycles. The summed E-state index contributed by atoms with van der Waals surface area (Å²) >= 11 is 0. The van der Waals surface area contributed by atoms with Gasteiger partial charge in [-0.25, -0.2) is 0 Å². The number of hydrogen-bond acceptors (Lipinski definition) is 4. The summed E-state index contributed by atoms with van der Waals surface area (Å²) < 4.78 is 0. The van der Waals surface area contributed by atoms with Gasteiger partial charge in [-0.15, -0.1) is 0 Å². The zero-order valence-electron chi connectivity index (χ0n) is 5.53. The van der Waals surface area contributed by atoms with Gasteiger partial charge in [0.25, 0.3) is 0 Å². The average molecular weight is 148 g/mol. The standard InChI is InChI=1S/C5H12N2O3/c6-2-3(8)1-4(7)5(9)10/h3-4,8H,1-2,6-7H2,(H,9,10)/t3-,4-/m0/s1. The molecule has 0 fully saturated rings. The molecule has 0 radical (unpaired) electrons. The molecule has 0 rings (SSSR count). The van der Waals surface area contributed by atoms with Crippen molar-refractivity contribution in [3.8, 4) is 0 Å². The van der Waals surface area contributed by atoms with Gasteiger partial charge in [0.15, 0.2) is 0 Å². The Labute approximate surface area is 58.6 Å². The maximum atomic E-state index is 10.1. The fourth-order valence-corrected chi connectivity index (χ4v) is 0.490. The molecule has 0 aliphatic rings. The molecule has 0 aliphatic heterocycles. The number of hydrogen-bond donors (Lipinski definition) is 4. The van der Waals surface area contributed by atoms with Crippen molar-refractivity contribution in [1.82, 2.24) is 0 Å². The molecule has 0 aromatic rings. The molecular formula is C5H12N2O3. The van der Waals surface area contributed by atoms with Crippen molar-refractivity contribution in [2.75, 3.05) is 6.54 Å². The SMILES string of the molecule is NC[C@@H](O)C[C@H](N)C(=O)O. The van der Waals surface area contributed by atoms with Crippen molar-refractivity contribution in [1.29, 1.82) is 0 Å². The fourth-order valence-electron chi connectivity index (χ4n) is 0.490. The van der Waals surface area contributed by atoms with Crippen LogP contribution in [0.4, 0.5) is 0 Å². The predicted octanol–water partition coefficient (Wildman–Crippen LogP) is -1.89. The van der Waals surface area contributed by atoms with Crippen molar-refractivity contribution in [3.63, 3.8) is 0 Å². The van der Waals surface area contributed by atoms with Crippen LogP contribution in [0.3, 0.4) is 0 Å². The molecule has 0 saturated carbocycles. The number of aliphatic hydroxyl groups is 1. The van der Waals surface area contributed by atoms with E-state index in [9.17, 15) is 4.79 Å². The van der Waals surface area contributed by atoms with Crippen LogP contribution in [0.25, 0.3) is 0 Å². The third-order valence-corrected chi connectivity index (χ3v) is 1.12. The Morgan fingerprint density at radius 1 is 1.60 bits per heavy atom. The molecule has 0 amide bonds. The van der Waals surface area contributed by atoms with Gasteiger partial charge in [-0.2, -0.15) is 0 Å². The van der Waals surface area contributed by atoms with Crippen molar-refractivity contribution < 1.29 is 15.0 Å². The van der Waals surface area contributed by atoms with Gasteiger partial charge in [-0.05, 0) is 0 Å². The van der Waals surface area contributed by atoms with Gasteiger partial charge >= 0.3 is 5.97 Å². The van der Waals surface area contributed by atoms with Gasteiger partial charge in [-0.3, -0.25) is 4.79 Å². The first-order chi connectivity index (χ1) is 4.57. The summed E-state index contributed by atoms with van der Waals surface area (Å²) in [4.78, 5) is 10.1. The quantitative estimate of drug-likeness (QED) is 0.372. The van der Waals surface area contributed by atoms with E-state index in [1.165, 1.54) is 0 Å². The second kappa shape index (κ2) is 4.21. The van der Waals surface area contributed by atoms with Crippen molar-refractivity contribution in [2.24, 2.45) is 11.5 Å². The maximum absolute atomic E-state index is 10.1. The molecule has 5 heteroatoms. The van der Waals surface area contributed by atoms with Crippen LogP contribution < -0.4 is 11.5 Å². The lowest BCUT2D eigenvalue weighted by molar-refractivity contribution is -0.139. The first kappa shape index (κ1) is 9.35. The molecular weight excluding hydrogens is 136 g/mol. The molecule has 0 heterocycles. The van der Waals surface area contributed by atoms with Gasteiger partial charge in [0.05, 0.1) is 6.10 Å². The normalized spacial score (nSPS) is 16.3. The molecule has 0 bridgehead atoms. The molecule has 0 saturated heterocycles. The molecule has 6 N–H and O–H groups in total. The first-order valence-corrected chi connectivity index (χ1v) is 2.94. The van der Waals surface area contributed by atoms with E-state index in [1.807, 2.05) is 0 Å². The number of aliphatic hydroxyl groups excluding tert-OH is 1. The average Bonchev–Trinajstić information content (AvgIpc) is 1.87. The summed E-state index contributed by atoms with van der Waals surface area (Å²) in [5.74, 6) is -1.12. The van der Waals surface area contributed by atoms with Crippen LogP contribution in [0.15, 0.2) is 0 Å². The van der Waals surface area contributed by atoms with Crippen LogP contribution >= 0.6 is 0 Å². The topological polar surface area (TPSA) is 110 Å². The lowest BCUT2D eigenvalue weighted by Gasteiger charge is -2.09. The Kier molecular flexibility index (Phi) is 3.94. The van der Waals surface area contributed by atoms with Crippen LogP contribution in [0, 0.1) is 0 Å². The lowest BCUT2D eigenvalue weighted by Crippen LogP contribution is -2.36. The summed E-state index contributed by atoms with van der Waals surface area (Å²) in [7, 11) is 0. The first-order valence-electron chi connectivity index (χ1n) is 2.94. The molecule has 10 heavy (non-hydrogen) atoms. The van der Waals surface area contributed by atoms with Crippen LogP contribution in [0.5, 0.6) is 0 Å². The van der Waals surface area contributed by atoms with E-state index in [4.69, 9.17) is 21.7 Å². The van der Waals surface area contributed by atoms with Crippen molar-refractivity contribution in [2.45, 2.75) is 18.6 Å². The van der Waals surface area contributed by atoms with Gasteiger partial charge in [-0.1, -0.05) is 0 Å². The number of carboxylic acids is 1. The Bertz CT molecular complexity index is 117. The van der Waals surface area contributed by atoms with Crippen molar-refractivity contribution in [3.05, 3.63) is 0 Å². The summed E-state index contributed by atoms with van der Waals surface area (Å²) in [5.41, 5.74) is 10.1. The predicted molar refractivity (Wildman–Crippen MR) is 35.3 cm³/mol. The molecule has 0 unspecified atom stereocenters. The van der Waals surface area contributed by atoms with Crippen LogP contribution in [0.2, 0.25) is 0 Å². The Morgan fingerprint density at radius 3 is 2.40 bits per heavy atom. The van der Waals surface area contributed by atoms with Gasteiger partial charge in [0.2, 0.25) is 0 Å². The minimum absolute atomic E-state index is 0.00579. The molecule has 2 atom stereocenters. The van der Waals surface area contributed by atoms with Gasteiger partial charge < -0.3 is 21.7 Å². The third kappa shape index (κ3) is 3.39.